The lowest BCUT2D eigenvalue weighted by atomic mass is 10.0. The minimum Gasteiger partial charge on any atom is -0.493 e. The zero-order chi connectivity index (χ0) is 27.4. The molecule has 0 unspecified atom stereocenters. The molecule has 0 saturated carbocycles. The number of halogens is 1. The zero-order valence-electron chi connectivity index (χ0n) is 21.3. The molecule has 1 saturated heterocycles. The van der Waals surface area contributed by atoms with E-state index in [4.69, 9.17) is 21.1 Å². The van der Waals surface area contributed by atoms with Crippen molar-refractivity contribution in [3.05, 3.63) is 106 Å². The maximum absolute atomic E-state index is 13.4. The molecule has 0 spiro atoms. The van der Waals surface area contributed by atoms with Crippen molar-refractivity contribution < 1.29 is 23.9 Å². The highest BCUT2D eigenvalue weighted by molar-refractivity contribution is 6.39. The molecule has 38 heavy (non-hydrogen) atoms. The van der Waals surface area contributed by atoms with Crippen LogP contribution in [0.2, 0.25) is 5.02 Å². The molecule has 194 valence electrons. The van der Waals surface area contributed by atoms with Gasteiger partial charge < -0.3 is 9.47 Å². The van der Waals surface area contributed by atoms with E-state index >= 15 is 0 Å². The fourth-order valence-electron chi connectivity index (χ4n) is 4.26. The van der Waals surface area contributed by atoms with Gasteiger partial charge in [0.15, 0.2) is 11.5 Å². The van der Waals surface area contributed by atoms with E-state index in [9.17, 15) is 14.4 Å². The molecule has 7 nitrogen and oxygen atoms in total. The van der Waals surface area contributed by atoms with Crippen molar-refractivity contribution in [2.75, 3.05) is 12.0 Å². The monoisotopic (exact) mass is 530 g/mol. The number of allylic oxidation sites excluding steroid dienone is 1. The quantitative estimate of drug-likeness (QED) is 0.221. The van der Waals surface area contributed by atoms with Crippen LogP contribution < -0.4 is 19.7 Å². The van der Waals surface area contributed by atoms with E-state index in [2.05, 4.69) is 11.9 Å². The molecule has 3 aromatic rings. The molecule has 0 bridgehead atoms. The normalized spacial score (nSPS) is 14.5. The lowest BCUT2D eigenvalue weighted by molar-refractivity contribution is -0.122. The Balaban J connectivity index is 1.70. The number of ether oxygens (including phenoxy) is 2. The van der Waals surface area contributed by atoms with E-state index in [0.29, 0.717) is 34.2 Å². The highest BCUT2D eigenvalue weighted by Gasteiger charge is 2.37. The van der Waals surface area contributed by atoms with Crippen LogP contribution in [0, 0.1) is 13.8 Å². The van der Waals surface area contributed by atoms with Gasteiger partial charge in [0, 0.05) is 10.6 Å². The number of urea groups is 1. The maximum Gasteiger partial charge on any atom is 0.335 e. The van der Waals surface area contributed by atoms with E-state index in [0.717, 1.165) is 27.2 Å². The molecule has 1 heterocycles. The number of carbonyl (C=O) groups excluding carboxylic acids is 3. The molecule has 0 radical (unpaired) electrons. The van der Waals surface area contributed by atoms with Gasteiger partial charge in [-0.2, -0.15) is 0 Å². The molecule has 4 amide bonds. The Morgan fingerprint density at radius 2 is 1.68 bits per heavy atom. The first-order valence-electron chi connectivity index (χ1n) is 11.9. The molecular formula is C30H27ClN2O5. The average Bonchev–Trinajstić information content (AvgIpc) is 2.86. The number of benzene rings is 3. The van der Waals surface area contributed by atoms with E-state index in [-0.39, 0.29) is 12.2 Å². The Morgan fingerprint density at radius 3 is 2.32 bits per heavy atom. The standard InChI is InChI=1S/C30H27ClN2O5/c1-5-6-22-14-21(16-26(37-4)27(22)38-17-20-7-9-23(31)10-8-20)15-25-28(34)32-30(36)33(29(25)35)24-12-18(2)11-19(3)13-24/h5,7-16H,1,6,17H2,2-4H3,(H,32,34,36)/b25-15+. The van der Waals surface area contributed by atoms with E-state index in [1.54, 1.807) is 42.5 Å². The molecule has 0 aliphatic carbocycles. The van der Waals surface area contributed by atoms with Crippen LogP contribution in [0.5, 0.6) is 11.5 Å². The number of amides is 4. The van der Waals surface area contributed by atoms with Gasteiger partial charge in [0.2, 0.25) is 0 Å². The summed E-state index contributed by atoms with van der Waals surface area (Å²) in [6, 6.07) is 15.4. The van der Waals surface area contributed by atoms with Crippen molar-refractivity contribution in [1.29, 1.82) is 0 Å². The maximum atomic E-state index is 13.4. The second-order valence-electron chi connectivity index (χ2n) is 8.92. The third kappa shape index (κ3) is 5.79. The summed E-state index contributed by atoms with van der Waals surface area (Å²) in [5.74, 6) is -0.531. The van der Waals surface area contributed by atoms with Crippen molar-refractivity contribution in [3.8, 4) is 11.5 Å². The summed E-state index contributed by atoms with van der Waals surface area (Å²) in [6.45, 7) is 7.85. The molecule has 3 aromatic carbocycles. The fraction of sp³-hybridized carbons (Fsp3) is 0.167. The number of anilines is 1. The van der Waals surface area contributed by atoms with Crippen molar-refractivity contribution in [2.45, 2.75) is 26.9 Å². The molecule has 8 heteroatoms. The largest absolute Gasteiger partial charge is 0.493 e. The van der Waals surface area contributed by atoms with Crippen LogP contribution in [0.25, 0.3) is 6.08 Å². The van der Waals surface area contributed by atoms with E-state index in [1.807, 2.05) is 32.0 Å². The number of aryl methyl sites for hydroxylation is 2. The van der Waals surface area contributed by atoms with Gasteiger partial charge in [-0.25, -0.2) is 9.69 Å². The number of imide groups is 2. The van der Waals surface area contributed by atoms with Gasteiger partial charge in [-0.15, -0.1) is 6.58 Å². The van der Waals surface area contributed by atoms with Crippen LogP contribution in [0.1, 0.15) is 27.8 Å². The minimum atomic E-state index is -0.793. The Morgan fingerprint density at radius 1 is 1.00 bits per heavy atom. The molecule has 1 N–H and O–H groups in total. The number of nitrogens with one attached hydrogen (secondary N) is 1. The Labute approximate surface area is 226 Å². The summed E-state index contributed by atoms with van der Waals surface area (Å²) in [5, 5.41) is 2.90. The highest BCUT2D eigenvalue weighted by atomic mass is 35.5. The van der Waals surface area contributed by atoms with Gasteiger partial charge in [0.05, 0.1) is 12.8 Å². The van der Waals surface area contributed by atoms with Crippen LogP contribution in [-0.2, 0) is 22.6 Å². The lowest BCUT2D eigenvalue weighted by Gasteiger charge is -2.27. The average molecular weight is 531 g/mol. The number of hydrogen-bond acceptors (Lipinski definition) is 5. The predicted octanol–water partition coefficient (Wildman–Crippen LogP) is 5.94. The third-order valence-corrected chi connectivity index (χ3v) is 6.16. The predicted molar refractivity (Wildman–Crippen MR) is 148 cm³/mol. The summed E-state index contributed by atoms with van der Waals surface area (Å²) in [7, 11) is 1.51. The summed E-state index contributed by atoms with van der Waals surface area (Å²) in [6.07, 6.45) is 3.62. The van der Waals surface area contributed by atoms with Gasteiger partial charge in [-0.05, 0) is 85.0 Å². The van der Waals surface area contributed by atoms with Crippen LogP contribution in [0.15, 0.2) is 72.8 Å². The molecule has 1 aliphatic heterocycles. The van der Waals surface area contributed by atoms with E-state index in [1.165, 1.54) is 13.2 Å². The fourth-order valence-corrected chi connectivity index (χ4v) is 4.39. The molecule has 1 fully saturated rings. The van der Waals surface area contributed by atoms with Crippen molar-refractivity contribution in [1.82, 2.24) is 5.32 Å². The molecule has 0 atom stereocenters. The van der Waals surface area contributed by atoms with Gasteiger partial charge in [-0.1, -0.05) is 35.9 Å². The summed E-state index contributed by atoms with van der Waals surface area (Å²) in [5.41, 5.74) is 4.20. The first kappa shape index (κ1) is 26.7. The minimum absolute atomic E-state index is 0.176. The number of carbonyl (C=O) groups is 3. The highest BCUT2D eigenvalue weighted by Crippen LogP contribution is 2.35. The first-order valence-corrected chi connectivity index (χ1v) is 12.3. The van der Waals surface area contributed by atoms with Gasteiger partial charge >= 0.3 is 6.03 Å². The molecule has 4 rings (SSSR count). The molecule has 1 aliphatic rings. The van der Waals surface area contributed by atoms with Gasteiger partial charge in [-0.3, -0.25) is 14.9 Å². The number of barbiturate groups is 1. The van der Waals surface area contributed by atoms with Crippen molar-refractivity contribution >= 4 is 41.2 Å². The van der Waals surface area contributed by atoms with Gasteiger partial charge in [0.25, 0.3) is 11.8 Å². The lowest BCUT2D eigenvalue weighted by Crippen LogP contribution is -2.54. The zero-order valence-corrected chi connectivity index (χ0v) is 22.1. The topological polar surface area (TPSA) is 84.9 Å². The first-order chi connectivity index (χ1) is 18.2. The van der Waals surface area contributed by atoms with Crippen molar-refractivity contribution in [3.63, 3.8) is 0 Å². The Kier molecular flexibility index (Phi) is 7.98. The van der Waals surface area contributed by atoms with Crippen LogP contribution in [0.4, 0.5) is 10.5 Å². The van der Waals surface area contributed by atoms with E-state index < -0.39 is 17.8 Å². The van der Waals surface area contributed by atoms with Crippen LogP contribution in [-0.4, -0.2) is 25.0 Å². The summed E-state index contributed by atoms with van der Waals surface area (Å²) >= 11 is 5.98. The summed E-state index contributed by atoms with van der Waals surface area (Å²) < 4.78 is 11.7. The van der Waals surface area contributed by atoms with Crippen LogP contribution in [0.3, 0.4) is 0 Å². The summed E-state index contributed by atoms with van der Waals surface area (Å²) in [4.78, 5) is 39.7. The number of methoxy groups -OCH3 is 1. The SMILES string of the molecule is C=CCc1cc(/C=C2\C(=O)NC(=O)N(c3cc(C)cc(C)c3)C2=O)cc(OC)c1OCc1ccc(Cl)cc1. The Bertz CT molecular complexity index is 1440. The number of hydrogen-bond donors (Lipinski definition) is 1. The smallest absolute Gasteiger partial charge is 0.335 e. The molecule has 0 aromatic heterocycles. The molecular weight excluding hydrogens is 504 g/mol. The Hall–Kier alpha value is -4.36. The number of nitrogens with zero attached hydrogens (tertiary/aromatic N) is 1. The van der Waals surface area contributed by atoms with Gasteiger partial charge in [0.1, 0.15) is 12.2 Å². The second kappa shape index (κ2) is 11.4. The third-order valence-electron chi connectivity index (χ3n) is 5.91. The van der Waals surface area contributed by atoms with Crippen LogP contribution >= 0.6 is 11.6 Å². The van der Waals surface area contributed by atoms with Crippen molar-refractivity contribution in [2.24, 2.45) is 0 Å². The second-order valence-corrected chi connectivity index (χ2v) is 9.36. The number of rotatable bonds is 8.